The summed E-state index contributed by atoms with van der Waals surface area (Å²) in [6.07, 6.45) is 2.51. The fourth-order valence-electron chi connectivity index (χ4n) is 2.33. The van der Waals surface area contributed by atoms with Crippen molar-refractivity contribution in [2.24, 2.45) is 14.1 Å². The Bertz CT molecular complexity index is 744. The monoisotopic (exact) mass is 287 g/mol. The average molecular weight is 287 g/mol. The maximum Gasteiger partial charge on any atom is 0.330 e. The molecule has 0 spiro atoms. The number of rotatable bonds is 5. The Balaban J connectivity index is 1.95. The van der Waals surface area contributed by atoms with E-state index < -0.39 is 0 Å². The van der Waals surface area contributed by atoms with Crippen molar-refractivity contribution >= 4 is 0 Å². The molecular formula is C16H21N3O2. The van der Waals surface area contributed by atoms with Crippen LogP contribution in [0.25, 0.3) is 0 Å². The molecule has 2 aromatic rings. The summed E-state index contributed by atoms with van der Waals surface area (Å²) in [7, 11) is 3.15. The summed E-state index contributed by atoms with van der Waals surface area (Å²) >= 11 is 0. The second kappa shape index (κ2) is 6.54. The first kappa shape index (κ1) is 15.3. The number of hydrogen-bond acceptors (Lipinski definition) is 3. The predicted octanol–water partition coefficient (Wildman–Crippen LogP) is 0.725. The second-order valence-electron chi connectivity index (χ2n) is 5.33. The van der Waals surface area contributed by atoms with Gasteiger partial charge in [0.15, 0.2) is 0 Å². The average Bonchev–Trinajstić information content (AvgIpc) is 2.46. The molecule has 1 aromatic carbocycles. The molecule has 0 saturated heterocycles. The molecule has 0 aliphatic carbocycles. The van der Waals surface area contributed by atoms with Crippen LogP contribution in [0.1, 0.15) is 16.7 Å². The summed E-state index contributed by atoms with van der Waals surface area (Å²) in [4.78, 5) is 23.6. The molecule has 1 aromatic heterocycles. The summed E-state index contributed by atoms with van der Waals surface area (Å²) in [5.74, 6) is 0. The molecule has 0 atom stereocenters. The minimum Gasteiger partial charge on any atom is -0.312 e. The third kappa shape index (κ3) is 3.70. The zero-order valence-electron chi connectivity index (χ0n) is 12.7. The van der Waals surface area contributed by atoms with Crippen LogP contribution in [0, 0.1) is 6.92 Å². The van der Waals surface area contributed by atoms with Crippen molar-refractivity contribution < 1.29 is 0 Å². The number of hydrogen-bond donors (Lipinski definition) is 1. The van der Waals surface area contributed by atoms with Crippen molar-refractivity contribution in [1.29, 1.82) is 0 Å². The van der Waals surface area contributed by atoms with E-state index in [1.165, 1.54) is 22.7 Å². The van der Waals surface area contributed by atoms with E-state index in [0.717, 1.165) is 17.5 Å². The third-order valence-electron chi connectivity index (χ3n) is 3.51. The standard InChI is InChI=1S/C16H21N3O2/c1-12-5-4-6-13(9-12)7-8-17-10-14-11-18(2)16(21)19(3)15(14)20/h4-6,9,11,17H,7-8,10H2,1-3H3. The van der Waals surface area contributed by atoms with Crippen LogP contribution >= 0.6 is 0 Å². The summed E-state index contributed by atoms with van der Waals surface area (Å²) in [5.41, 5.74) is 2.59. The summed E-state index contributed by atoms with van der Waals surface area (Å²) in [6.45, 7) is 3.33. The van der Waals surface area contributed by atoms with E-state index in [-0.39, 0.29) is 11.2 Å². The molecule has 0 amide bonds. The minimum atomic E-state index is -0.302. The predicted molar refractivity (Wildman–Crippen MR) is 83.5 cm³/mol. The summed E-state index contributed by atoms with van der Waals surface area (Å²) in [6, 6.07) is 8.38. The van der Waals surface area contributed by atoms with Crippen LogP contribution < -0.4 is 16.6 Å². The maximum atomic E-state index is 12.0. The third-order valence-corrected chi connectivity index (χ3v) is 3.51. The fraction of sp³-hybridized carbons (Fsp3) is 0.375. The van der Waals surface area contributed by atoms with Gasteiger partial charge in [0.05, 0.1) is 0 Å². The van der Waals surface area contributed by atoms with Gasteiger partial charge in [-0.2, -0.15) is 0 Å². The number of nitrogens with one attached hydrogen (secondary N) is 1. The van der Waals surface area contributed by atoms with Crippen LogP contribution in [0.5, 0.6) is 0 Å². The molecule has 0 aliphatic rings. The maximum absolute atomic E-state index is 12.0. The first-order chi connectivity index (χ1) is 9.99. The van der Waals surface area contributed by atoms with Crippen LogP contribution in [-0.2, 0) is 27.1 Å². The van der Waals surface area contributed by atoms with Gasteiger partial charge in [-0.1, -0.05) is 29.8 Å². The van der Waals surface area contributed by atoms with E-state index in [4.69, 9.17) is 0 Å². The Morgan fingerprint density at radius 2 is 1.95 bits per heavy atom. The van der Waals surface area contributed by atoms with Gasteiger partial charge in [-0.15, -0.1) is 0 Å². The molecule has 1 heterocycles. The van der Waals surface area contributed by atoms with E-state index in [2.05, 4.69) is 30.4 Å². The molecule has 0 radical (unpaired) electrons. The molecule has 0 aliphatic heterocycles. The lowest BCUT2D eigenvalue weighted by Gasteiger charge is -2.08. The molecule has 5 heteroatoms. The highest BCUT2D eigenvalue weighted by Crippen LogP contribution is 2.03. The number of aromatic nitrogens is 2. The molecule has 21 heavy (non-hydrogen) atoms. The second-order valence-corrected chi connectivity index (χ2v) is 5.33. The fourth-order valence-corrected chi connectivity index (χ4v) is 2.33. The van der Waals surface area contributed by atoms with Crippen LogP contribution in [0.15, 0.2) is 40.1 Å². The van der Waals surface area contributed by atoms with Crippen molar-refractivity contribution in [3.8, 4) is 0 Å². The van der Waals surface area contributed by atoms with Crippen molar-refractivity contribution in [2.45, 2.75) is 19.9 Å². The van der Waals surface area contributed by atoms with E-state index in [1.54, 1.807) is 13.2 Å². The molecule has 112 valence electrons. The van der Waals surface area contributed by atoms with E-state index in [0.29, 0.717) is 12.1 Å². The number of aryl methyl sites for hydroxylation is 2. The highest BCUT2D eigenvalue weighted by atomic mass is 16.2. The Hall–Kier alpha value is -2.14. The number of nitrogens with zero attached hydrogens (tertiary/aromatic N) is 2. The molecule has 0 bridgehead atoms. The van der Waals surface area contributed by atoms with Crippen molar-refractivity contribution in [3.63, 3.8) is 0 Å². The van der Waals surface area contributed by atoms with Crippen LogP contribution in [0.3, 0.4) is 0 Å². The lowest BCUT2D eigenvalue weighted by atomic mass is 10.1. The molecule has 5 nitrogen and oxygen atoms in total. The van der Waals surface area contributed by atoms with Crippen molar-refractivity contribution in [2.75, 3.05) is 6.54 Å². The molecule has 0 fully saturated rings. The van der Waals surface area contributed by atoms with Gasteiger partial charge in [0.2, 0.25) is 0 Å². The van der Waals surface area contributed by atoms with Gasteiger partial charge in [-0.05, 0) is 25.5 Å². The molecular weight excluding hydrogens is 266 g/mol. The first-order valence-electron chi connectivity index (χ1n) is 7.01. The Kier molecular flexibility index (Phi) is 4.75. The van der Waals surface area contributed by atoms with E-state index in [1.807, 2.05) is 6.07 Å². The molecule has 0 saturated carbocycles. The van der Waals surface area contributed by atoms with Crippen LogP contribution in [0.4, 0.5) is 0 Å². The SMILES string of the molecule is Cc1cccc(CCNCc2cn(C)c(=O)n(C)c2=O)c1. The van der Waals surface area contributed by atoms with Crippen molar-refractivity contribution in [3.05, 3.63) is 68.0 Å². The van der Waals surface area contributed by atoms with Gasteiger partial charge in [-0.3, -0.25) is 9.36 Å². The smallest absolute Gasteiger partial charge is 0.312 e. The lowest BCUT2D eigenvalue weighted by molar-refractivity contribution is 0.630. The van der Waals surface area contributed by atoms with E-state index >= 15 is 0 Å². The summed E-state index contributed by atoms with van der Waals surface area (Å²) < 4.78 is 2.57. The van der Waals surface area contributed by atoms with Gasteiger partial charge in [0, 0.05) is 32.4 Å². The van der Waals surface area contributed by atoms with E-state index in [9.17, 15) is 9.59 Å². The van der Waals surface area contributed by atoms with Crippen LogP contribution in [-0.4, -0.2) is 15.7 Å². The molecule has 1 N–H and O–H groups in total. The Morgan fingerprint density at radius 3 is 2.67 bits per heavy atom. The molecule has 0 unspecified atom stereocenters. The normalized spacial score (nSPS) is 10.8. The number of benzene rings is 1. The Morgan fingerprint density at radius 1 is 1.19 bits per heavy atom. The molecule has 2 rings (SSSR count). The highest BCUT2D eigenvalue weighted by Gasteiger charge is 2.06. The minimum absolute atomic E-state index is 0.235. The largest absolute Gasteiger partial charge is 0.330 e. The van der Waals surface area contributed by atoms with Gasteiger partial charge >= 0.3 is 5.69 Å². The first-order valence-corrected chi connectivity index (χ1v) is 7.01. The van der Waals surface area contributed by atoms with Gasteiger partial charge < -0.3 is 9.88 Å². The zero-order chi connectivity index (χ0) is 15.4. The summed E-state index contributed by atoms with van der Waals surface area (Å²) in [5, 5.41) is 3.26. The van der Waals surface area contributed by atoms with Crippen LogP contribution in [0.2, 0.25) is 0 Å². The van der Waals surface area contributed by atoms with Crippen molar-refractivity contribution in [1.82, 2.24) is 14.5 Å². The van der Waals surface area contributed by atoms with Gasteiger partial charge in [0.1, 0.15) is 0 Å². The van der Waals surface area contributed by atoms with Gasteiger partial charge in [0.25, 0.3) is 5.56 Å². The quantitative estimate of drug-likeness (QED) is 0.825. The topological polar surface area (TPSA) is 56.0 Å². The van der Waals surface area contributed by atoms with Gasteiger partial charge in [-0.25, -0.2) is 4.79 Å². The lowest BCUT2D eigenvalue weighted by Crippen LogP contribution is -2.39. The zero-order valence-corrected chi connectivity index (χ0v) is 12.7. The Labute approximate surface area is 123 Å². The highest BCUT2D eigenvalue weighted by molar-refractivity contribution is 5.22.